The fourth-order valence-electron chi connectivity index (χ4n) is 3.17. The molecule has 0 amide bonds. The molecule has 0 unspecified atom stereocenters. The van der Waals surface area contributed by atoms with Crippen LogP contribution < -0.4 is 0 Å². The molecule has 21 heavy (non-hydrogen) atoms. The van der Waals surface area contributed by atoms with E-state index in [4.69, 9.17) is 9.47 Å². The van der Waals surface area contributed by atoms with Crippen LogP contribution in [0.25, 0.3) is 21.8 Å². The van der Waals surface area contributed by atoms with Crippen molar-refractivity contribution >= 4 is 21.8 Å². The van der Waals surface area contributed by atoms with Gasteiger partial charge in [0.2, 0.25) is 0 Å². The second-order valence-electron chi connectivity index (χ2n) is 5.57. The summed E-state index contributed by atoms with van der Waals surface area (Å²) >= 11 is 0. The third-order valence-electron chi connectivity index (χ3n) is 4.28. The maximum Gasteiger partial charge on any atom is 0.175 e. The zero-order chi connectivity index (χ0) is 14.2. The normalized spacial score (nSPS) is 22.3. The van der Waals surface area contributed by atoms with E-state index in [1.165, 1.54) is 21.8 Å². The molecule has 0 bridgehead atoms. The molecule has 0 spiro atoms. The average Bonchev–Trinajstić information content (AvgIpc) is 3.12. The molecule has 1 fully saturated rings. The lowest BCUT2D eigenvalue weighted by Gasteiger charge is -2.13. The predicted octanol–water partition coefficient (Wildman–Crippen LogP) is 3.95. The van der Waals surface area contributed by atoms with E-state index in [-0.39, 0.29) is 12.4 Å². The van der Waals surface area contributed by atoms with Crippen LogP contribution in [0.1, 0.15) is 13.3 Å². The van der Waals surface area contributed by atoms with Crippen molar-refractivity contribution in [2.24, 2.45) is 0 Å². The molecular formula is C18H19NO2. The van der Waals surface area contributed by atoms with Crippen LogP contribution in [0.15, 0.2) is 48.5 Å². The third-order valence-corrected chi connectivity index (χ3v) is 4.28. The van der Waals surface area contributed by atoms with Gasteiger partial charge in [-0.05, 0) is 18.6 Å². The summed E-state index contributed by atoms with van der Waals surface area (Å²) in [7, 11) is 0. The fraction of sp³-hybridized carbons (Fsp3) is 0.333. The lowest BCUT2D eigenvalue weighted by atomic mass is 10.2. The summed E-state index contributed by atoms with van der Waals surface area (Å²) in [6.07, 6.45) is 1.10. The first-order valence-electron chi connectivity index (χ1n) is 7.60. The molecule has 3 nitrogen and oxygen atoms in total. The van der Waals surface area contributed by atoms with Crippen molar-refractivity contribution in [2.45, 2.75) is 32.3 Å². The smallest absolute Gasteiger partial charge is 0.175 e. The predicted molar refractivity (Wildman–Crippen MR) is 84.3 cm³/mol. The van der Waals surface area contributed by atoms with Gasteiger partial charge < -0.3 is 14.0 Å². The monoisotopic (exact) mass is 281 g/mol. The molecule has 3 aromatic rings. The molecule has 4 rings (SSSR count). The van der Waals surface area contributed by atoms with E-state index in [1.807, 2.05) is 0 Å². The van der Waals surface area contributed by atoms with Crippen LogP contribution >= 0.6 is 0 Å². The molecule has 1 saturated heterocycles. The Morgan fingerprint density at radius 3 is 2.19 bits per heavy atom. The summed E-state index contributed by atoms with van der Waals surface area (Å²) < 4.78 is 14.0. The lowest BCUT2D eigenvalue weighted by molar-refractivity contribution is -0.0663. The maximum atomic E-state index is 5.94. The van der Waals surface area contributed by atoms with Crippen molar-refractivity contribution < 1.29 is 9.47 Å². The Morgan fingerprint density at radius 2 is 1.62 bits per heavy atom. The van der Waals surface area contributed by atoms with Gasteiger partial charge in [-0.3, -0.25) is 0 Å². The van der Waals surface area contributed by atoms with Gasteiger partial charge in [0.05, 0.1) is 19.3 Å². The first-order valence-corrected chi connectivity index (χ1v) is 7.60. The van der Waals surface area contributed by atoms with E-state index in [0.29, 0.717) is 6.61 Å². The van der Waals surface area contributed by atoms with Gasteiger partial charge in [0.25, 0.3) is 0 Å². The van der Waals surface area contributed by atoms with Crippen molar-refractivity contribution in [3.8, 4) is 0 Å². The fourth-order valence-corrected chi connectivity index (χ4v) is 3.17. The maximum absolute atomic E-state index is 5.94. The van der Waals surface area contributed by atoms with Crippen LogP contribution in [-0.2, 0) is 16.0 Å². The molecule has 0 aliphatic carbocycles. The van der Waals surface area contributed by atoms with Gasteiger partial charge in [-0.1, -0.05) is 43.3 Å². The van der Waals surface area contributed by atoms with E-state index in [1.54, 1.807) is 0 Å². The highest BCUT2D eigenvalue weighted by atomic mass is 16.7. The van der Waals surface area contributed by atoms with Crippen LogP contribution in [0.4, 0.5) is 0 Å². The highest BCUT2D eigenvalue weighted by molar-refractivity contribution is 6.07. The van der Waals surface area contributed by atoms with Crippen LogP contribution in [0, 0.1) is 0 Å². The van der Waals surface area contributed by atoms with Gasteiger partial charge in [-0.25, -0.2) is 0 Å². The Bertz CT molecular complexity index is 724. The van der Waals surface area contributed by atoms with Crippen LogP contribution in [0.2, 0.25) is 0 Å². The van der Waals surface area contributed by atoms with Crippen molar-refractivity contribution in [2.75, 3.05) is 6.61 Å². The molecule has 108 valence electrons. The van der Waals surface area contributed by atoms with E-state index < -0.39 is 0 Å². The Balaban J connectivity index is 1.79. The number of hydrogen-bond acceptors (Lipinski definition) is 2. The van der Waals surface area contributed by atoms with Gasteiger partial charge >= 0.3 is 0 Å². The highest BCUT2D eigenvalue weighted by Crippen LogP contribution is 2.30. The minimum absolute atomic E-state index is 0.144. The van der Waals surface area contributed by atoms with E-state index >= 15 is 0 Å². The van der Waals surface area contributed by atoms with E-state index in [9.17, 15) is 0 Å². The topological polar surface area (TPSA) is 23.4 Å². The Morgan fingerprint density at radius 1 is 1.00 bits per heavy atom. The zero-order valence-corrected chi connectivity index (χ0v) is 12.2. The number of hydrogen-bond donors (Lipinski definition) is 0. The largest absolute Gasteiger partial charge is 0.348 e. The van der Waals surface area contributed by atoms with Crippen LogP contribution in [-0.4, -0.2) is 23.6 Å². The Kier molecular flexibility index (Phi) is 3.17. The van der Waals surface area contributed by atoms with Gasteiger partial charge in [0, 0.05) is 21.8 Å². The van der Waals surface area contributed by atoms with Crippen molar-refractivity contribution in [1.29, 1.82) is 0 Å². The minimum atomic E-state index is -0.144. The van der Waals surface area contributed by atoms with Crippen molar-refractivity contribution in [1.82, 2.24) is 4.57 Å². The Hall–Kier alpha value is -1.84. The number of fused-ring (bicyclic) bond motifs is 3. The van der Waals surface area contributed by atoms with Gasteiger partial charge in [-0.2, -0.15) is 0 Å². The number of ether oxygens (including phenoxy) is 2. The quantitative estimate of drug-likeness (QED) is 0.725. The summed E-state index contributed by atoms with van der Waals surface area (Å²) in [5, 5.41) is 2.58. The lowest BCUT2D eigenvalue weighted by Crippen LogP contribution is -2.18. The Labute approximate surface area is 124 Å². The molecule has 2 atom stereocenters. The van der Waals surface area contributed by atoms with Crippen molar-refractivity contribution in [3.63, 3.8) is 0 Å². The second kappa shape index (κ2) is 5.17. The average molecular weight is 281 g/mol. The minimum Gasteiger partial charge on any atom is -0.348 e. The third kappa shape index (κ3) is 2.13. The first-order chi connectivity index (χ1) is 10.4. The molecule has 2 heterocycles. The molecule has 1 aliphatic rings. The molecule has 0 saturated carbocycles. The van der Waals surface area contributed by atoms with E-state index in [2.05, 4.69) is 60.0 Å². The van der Waals surface area contributed by atoms with Crippen LogP contribution in [0.3, 0.4) is 0 Å². The number of benzene rings is 2. The van der Waals surface area contributed by atoms with E-state index in [0.717, 1.165) is 13.0 Å². The molecule has 2 aromatic carbocycles. The molecule has 0 N–H and O–H groups in total. The summed E-state index contributed by atoms with van der Waals surface area (Å²) in [6.45, 7) is 3.58. The van der Waals surface area contributed by atoms with Crippen molar-refractivity contribution in [3.05, 3.63) is 48.5 Å². The number of aromatic nitrogens is 1. The summed E-state index contributed by atoms with van der Waals surface area (Å²) in [5.74, 6) is 0. The standard InChI is InChI=1S/C18H19NO2/c1-2-13-12-20-18(21-13)11-19-16-9-5-3-7-14(16)15-8-4-6-10-17(15)19/h3-10,13,18H,2,11-12H2,1H3/t13-,18+/m1/s1. The number of para-hydroxylation sites is 2. The second-order valence-corrected chi connectivity index (χ2v) is 5.57. The molecule has 3 heteroatoms. The highest BCUT2D eigenvalue weighted by Gasteiger charge is 2.25. The molecular weight excluding hydrogens is 262 g/mol. The van der Waals surface area contributed by atoms with Crippen LogP contribution in [0.5, 0.6) is 0 Å². The zero-order valence-electron chi connectivity index (χ0n) is 12.2. The molecule has 1 aliphatic heterocycles. The molecule has 0 radical (unpaired) electrons. The number of nitrogens with zero attached hydrogens (tertiary/aromatic N) is 1. The number of rotatable bonds is 3. The SMILES string of the molecule is CC[C@@H]1CO[C@H](Cn2c3ccccc3c3ccccc32)O1. The van der Waals surface area contributed by atoms with Gasteiger partial charge in [-0.15, -0.1) is 0 Å². The summed E-state index contributed by atoms with van der Waals surface area (Å²) in [4.78, 5) is 0. The first kappa shape index (κ1) is 12.9. The summed E-state index contributed by atoms with van der Waals surface area (Å²) in [6, 6.07) is 17.1. The molecule has 1 aromatic heterocycles. The van der Waals surface area contributed by atoms with Gasteiger partial charge in [0.15, 0.2) is 6.29 Å². The van der Waals surface area contributed by atoms with Gasteiger partial charge in [0.1, 0.15) is 0 Å². The summed E-state index contributed by atoms with van der Waals surface area (Å²) in [5.41, 5.74) is 2.48.